The van der Waals surface area contributed by atoms with Gasteiger partial charge in [-0.2, -0.15) is 13.2 Å². The van der Waals surface area contributed by atoms with Gasteiger partial charge < -0.3 is 29.2 Å². The van der Waals surface area contributed by atoms with Gasteiger partial charge >= 0.3 is 12.3 Å². The lowest BCUT2D eigenvalue weighted by Gasteiger charge is -2.35. The Hall–Kier alpha value is -4.78. The summed E-state index contributed by atoms with van der Waals surface area (Å²) in [5, 5.41) is 3.05. The van der Waals surface area contributed by atoms with Gasteiger partial charge in [0, 0.05) is 50.7 Å². The second kappa shape index (κ2) is 12.5. The van der Waals surface area contributed by atoms with E-state index in [1.807, 2.05) is 26.8 Å². The number of aromatic nitrogens is 2. The maximum atomic E-state index is 13.4. The molecule has 46 heavy (non-hydrogen) atoms. The van der Waals surface area contributed by atoms with E-state index in [0.29, 0.717) is 43.7 Å². The number of ether oxygens (including phenoxy) is 2. The molecule has 1 aliphatic rings. The van der Waals surface area contributed by atoms with Gasteiger partial charge in [-0.1, -0.05) is 11.6 Å². The van der Waals surface area contributed by atoms with Crippen LogP contribution in [0.4, 0.5) is 23.7 Å². The van der Waals surface area contributed by atoms with Crippen molar-refractivity contribution in [3.8, 4) is 11.6 Å². The van der Waals surface area contributed by atoms with Crippen molar-refractivity contribution in [2.45, 2.75) is 32.5 Å². The monoisotopic (exact) mass is 657 g/mol. The number of nitrogens with zero attached hydrogens (tertiary/aromatic N) is 4. The van der Waals surface area contributed by atoms with Crippen LogP contribution in [0.5, 0.6) is 11.6 Å². The van der Waals surface area contributed by atoms with E-state index in [1.165, 1.54) is 18.3 Å². The first-order chi connectivity index (χ1) is 21.6. The number of aryl methyl sites for hydroxylation is 1. The molecule has 0 aliphatic carbocycles. The van der Waals surface area contributed by atoms with Gasteiger partial charge in [-0.15, -0.1) is 0 Å². The lowest BCUT2D eigenvalue weighted by atomic mass is 10.1. The van der Waals surface area contributed by atoms with E-state index in [-0.39, 0.29) is 28.1 Å². The van der Waals surface area contributed by atoms with Crippen LogP contribution in [0.15, 0.2) is 60.8 Å². The van der Waals surface area contributed by atoms with Crippen LogP contribution in [0, 0.1) is 0 Å². The number of pyridine rings is 1. The predicted octanol–water partition coefficient (Wildman–Crippen LogP) is 6.98. The number of halogens is 4. The van der Waals surface area contributed by atoms with Crippen LogP contribution in [0.2, 0.25) is 5.02 Å². The summed E-state index contributed by atoms with van der Waals surface area (Å²) in [6.45, 7) is 6.95. The molecule has 10 nitrogen and oxygen atoms in total. The summed E-state index contributed by atoms with van der Waals surface area (Å²) in [5.74, 6) is -0.168. The van der Waals surface area contributed by atoms with Gasteiger partial charge in [-0.25, -0.2) is 9.78 Å². The number of benzene rings is 2. The second-order valence-electron chi connectivity index (χ2n) is 11.7. The summed E-state index contributed by atoms with van der Waals surface area (Å²) >= 11 is 5.92. The molecule has 0 unspecified atom stereocenters. The molecular formula is C32H31ClF3N5O5. The largest absolute Gasteiger partial charge is 0.444 e. The summed E-state index contributed by atoms with van der Waals surface area (Å²) in [7, 11) is 1.79. The van der Waals surface area contributed by atoms with Crippen molar-refractivity contribution in [2.75, 3.05) is 31.5 Å². The Morgan fingerprint density at radius 2 is 1.61 bits per heavy atom. The quantitative estimate of drug-likeness (QED) is 0.248. The van der Waals surface area contributed by atoms with Gasteiger partial charge in [0.05, 0.1) is 33.6 Å². The zero-order chi connectivity index (χ0) is 33.4. The molecule has 14 heteroatoms. The highest BCUT2D eigenvalue weighted by Crippen LogP contribution is 2.33. The first-order valence-electron chi connectivity index (χ1n) is 14.3. The normalized spacial score (nSPS) is 13.9. The first kappa shape index (κ1) is 32.6. The van der Waals surface area contributed by atoms with Gasteiger partial charge in [0.15, 0.2) is 0 Å². The van der Waals surface area contributed by atoms with Crippen LogP contribution in [-0.4, -0.2) is 69.0 Å². The molecule has 0 spiro atoms. The molecule has 3 heterocycles. The molecule has 1 N–H and O–H groups in total. The van der Waals surface area contributed by atoms with Crippen molar-refractivity contribution in [1.29, 1.82) is 0 Å². The summed E-state index contributed by atoms with van der Waals surface area (Å²) in [6.07, 6.45) is -3.63. The molecular weight excluding hydrogens is 627 g/mol. The molecule has 4 aromatic rings. The van der Waals surface area contributed by atoms with Crippen LogP contribution < -0.4 is 10.1 Å². The number of carbonyl (C=O) groups excluding carboxylic acids is 3. The van der Waals surface area contributed by atoms with Gasteiger partial charge in [0.1, 0.15) is 17.0 Å². The van der Waals surface area contributed by atoms with E-state index in [9.17, 15) is 27.6 Å². The number of nitrogens with one attached hydrogen (secondary N) is 1. The highest BCUT2D eigenvalue weighted by Gasteiger charge is 2.32. The topological polar surface area (TPSA) is 106 Å². The van der Waals surface area contributed by atoms with Crippen molar-refractivity contribution in [3.63, 3.8) is 0 Å². The number of fused-ring (bicyclic) bond motifs is 1. The third-order valence-corrected chi connectivity index (χ3v) is 7.52. The van der Waals surface area contributed by atoms with Gasteiger partial charge in [-0.05, 0) is 63.2 Å². The molecule has 242 valence electrons. The lowest BCUT2D eigenvalue weighted by molar-refractivity contribution is -0.137. The molecule has 0 atom stereocenters. The van der Waals surface area contributed by atoms with Crippen molar-refractivity contribution >= 4 is 46.1 Å². The Morgan fingerprint density at radius 1 is 0.913 bits per heavy atom. The maximum absolute atomic E-state index is 13.4. The number of hydrogen-bond acceptors (Lipinski definition) is 6. The summed E-state index contributed by atoms with van der Waals surface area (Å²) in [5.41, 5.74) is -0.144. The van der Waals surface area contributed by atoms with Crippen molar-refractivity contribution in [2.24, 2.45) is 7.05 Å². The molecule has 5 rings (SSSR count). The van der Waals surface area contributed by atoms with Crippen molar-refractivity contribution < 1.29 is 37.0 Å². The SMILES string of the molecule is Cn1c(C(=O)N2CCN(C(=O)OC(C)(C)C)CC2)cc2ccc(Oc3ccc(NC(=O)c4ccc(C(F)(F)F)cc4Cl)cn3)cc21. The molecule has 0 saturated carbocycles. The fraction of sp³-hybridized carbons (Fsp3) is 0.312. The molecule has 1 fully saturated rings. The molecule has 0 radical (unpaired) electrons. The lowest BCUT2D eigenvalue weighted by Crippen LogP contribution is -2.51. The Labute approximate surface area is 267 Å². The number of carbonyl (C=O) groups is 3. The van der Waals surface area contributed by atoms with Crippen LogP contribution >= 0.6 is 11.6 Å². The smallest absolute Gasteiger partial charge is 0.416 e. The first-order valence-corrected chi connectivity index (χ1v) is 14.7. The highest BCUT2D eigenvalue weighted by atomic mass is 35.5. The minimum atomic E-state index is -4.58. The average molecular weight is 658 g/mol. The van der Waals surface area contributed by atoms with E-state index >= 15 is 0 Å². The number of piperazine rings is 1. The summed E-state index contributed by atoms with van der Waals surface area (Å²) in [4.78, 5) is 45.9. The Balaban J connectivity index is 1.21. The van der Waals surface area contributed by atoms with Crippen LogP contribution in [0.3, 0.4) is 0 Å². The Bertz CT molecular complexity index is 1790. The van der Waals surface area contributed by atoms with Crippen LogP contribution in [0.25, 0.3) is 10.9 Å². The van der Waals surface area contributed by atoms with Crippen molar-refractivity contribution in [1.82, 2.24) is 19.4 Å². The van der Waals surface area contributed by atoms with Gasteiger partial charge in [0.2, 0.25) is 5.88 Å². The number of anilines is 1. The van der Waals surface area contributed by atoms with E-state index in [2.05, 4.69) is 10.3 Å². The molecule has 2 aromatic carbocycles. The highest BCUT2D eigenvalue weighted by molar-refractivity contribution is 6.34. The minimum Gasteiger partial charge on any atom is -0.444 e. The van der Waals surface area contributed by atoms with Gasteiger partial charge in [-0.3, -0.25) is 9.59 Å². The zero-order valence-electron chi connectivity index (χ0n) is 25.4. The average Bonchev–Trinajstić information content (AvgIpc) is 3.32. The van der Waals surface area contributed by atoms with E-state index < -0.39 is 29.3 Å². The zero-order valence-corrected chi connectivity index (χ0v) is 26.2. The predicted molar refractivity (Wildman–Crippen MR) is 165 cm³/mol. The third kappa shape index (κ3) is 7.36. The second-order valence-corrected chi connectivity index (χ2v) is 12.1. The number of alkyl halides is 3. The molecule has 0 bridgehead atoms. The Kier molecular flexibility index (Phi) is 8.89. The minimum absolute atomic E-state index is 0.119. The van der Waals surface area contributed by atoms with Gasteiger partial charge in [0.25, 0.3) is 11.8 Å². The van der Waals surface area contributed by atoms with Crippen molar-refractivity contribution in [3.05, 3.63) is 82.6 Å². The fourth-order valence-electron chi connectivity index (χ4n) is 4.87. The van der Waals surface area contributed by atoms with E-state index in [0.717, 1.165) is 23.0 Å². The number of amides is 3. The van der Waals surface area contributed by atoms with Crippen LogP contribution in [0.1, 0.15) is 47.2 Å². The maximum Gasteiger partial charge on any atom is 0.416 e. The summed E-state index contributed by atoms with van der Waals surface area (Å²) < 4.78 is 51.8. The third-order valence-electron chi connectivity index (χ3n) is 7.21. The molecule has 1 saturated heterocycles. The standard InChI is InChI=1S/C32H31ClF3N5O5/c1-31(2,3)46-30(44)41-13-11-40(12-14-41)29(43)26-15-19-5-8-22(17-25(19)39(26)4)45-27-10-7-21(18-37-27)38-28(42)23-9-6-20(16-24(23)33)32(34,35)36/h5-10,15-18H,11-14H2,1-4H3,(H,38,42). The fourth-order valence-corrected chi connectivity index (χ4v) is 5.13. The van der Waals surface area contributed by atoms with Crippen LogP contribution in [-0.2, 0) is 18.0 Å². The van der Waals surface area contributed by atoms with E-state index in [4.69, 9.17) is 21.1 Å². The number of hydrogen-bond donors (Lipinski definition) is 1. The molecule has 3 amide bonds. The molecule has 2 aromatic heterocycles. The molecule has 1 aliphatic heterocycles. The summed E-state index contributed by atoms with van der Waals surface area (Å²) in [6, 6.07) is 12.7. The van der Waals surface area contributed by atoms with E-state index in [1.54, 1.807) is 39.6 Å². The Morgan fingerprint density at radius 3 is 2.22 bits per heavy atom. The number of rotatable bonds is 5.